The summed E-state index contributed by atoms with van der Waals surface area (Å²) < 4.78 is 0. The van der Waals surface area contributed by atoms with E-state index in [1.165, 1.54) is 0 Å². The third-order valence-electron chi connectivity index (χ3n) is 2.76. The monoisotopic (exact) mass is 220 g/mol. The van der Waals surface area contributed by atoms with Crippen molar-refractivity contribution >= 4 is 5.91 Å². The molecule has 0 unspecified atom stereocenters. The van der Waals surface area contributed by atoms with Gasteiger partial charge in [0.15, 0.2) is 5.82 Å². The Bertz CT molecular complexity index is 402. The molecule has 5 nitrogen and oxygen atoms in total. The number of amides is 1. The zero-order valence-corrected chi connectivity index (χ0v) is 9.60. The summed E-state index contributed by atoms with van der Waals surface area (Å²) in [5.41, 5.74) is 0. The summed E-state index contributed by atoms with van der Waals surface area (Å²) in [6.07, 6.45) is 5.84. The minimum Gasteiger partial charge on any atom is -0.338 e. The number of aromatic nitrogens is 3. The summed E-state index contributed by atoms with van der Waals surface area (Å²) in [6.45, 7) is 2.32. The number of aryl methyl sites for hydroxylation is 1. The first-order valence-electron chi connectivity index (χ1n) is 5.44. The molecule has 0 fully saturated rings. The highest BCUT2D eigenvalue weighted by Gasteiger charge is 2.23. The van der Waals surface area contributed by atoms with Gasteiger partial charge < -0.3 is 4.90 Å². The van der Waals surface area contributed by atoms with Gasteiger partial charge in [-0.25, -0.2) is 4.98 Å². The number of allylic oxidation sites excluding steroid dienone is 2. The Balaban J connectivity index is 1.92. The van der Waals surface area contributed by atoms with Crippen molar-refractivity contribution in [2.45, 2.75) is 26.3 Å². The molecule has 1 aromatic rings. The number of carbonyl (C=O) groups excluding carboxylic acids is 1. The van der Waals surface area contributed by atoms with Crippen LogP contribution in [0.2, 0.25) is 0 Å². The maximum Gasteiger partial charge on any atom is 0.226 e. The molecule has 1 N–H and O–H groups in total. The molecule has 0 atom stereocenters. The van der Waals surface area contributed by atoms with Gasteiger partial charge in [0.05, 0.1) is 6.54 Å². The molecule has 1 heterocycles. The van der Waals surface area contributed by atoms with Gasteiger partial charge in [0.1, 0.15) is 5.82 Å². The van der Waals surface area contributed by atoms with E-state index >= 15 is 0 Å². The van der Waals surface area contributed by atoms with E-state index < -0.39 is 0 Å². The van der Waals surface area contributed by atoms with Gasteiger partial charge >= 0.3 is 0 Å². The molecule has 0 aliphatic heterocycles. The second-order valence-electron chi connectivity index (χ2n) is 4.17. The number of nitrogens with one attached hydrogen (secondary N) is 1. The maximum atomic E-state index is 12.0. The number of nitrogens with zero attached hydrogens (tertiary/aromatic N) is 3. The average molecular weight is 220 g/mol. The Morgan fingerprint density at radius 3 is 2.81 bits per heavy atom. The van der Waals surface area contributed by atoms with Crippen molar-refractivity contribution in [1.29, 1.82) is 0 Å². The Morgan fingerprint density at radius 1 is 1.56 bits per heavy atom. The van der Waals surface area contributed by atoms with E-state index in [1.54, 1.807) is 11.9 Å². The lowest BCUT2D eigenvalue weighted by Crippen LogP contribution is -2.31. The van der Waals surface area contributed by atoms with E-state index in [4.69, 9.17) is 0 Å². The minimum atomic E-state index is 0.116. The van der Waals surface area contributed by atoms with E-state index in [1.807, 2.05) is 6.92 Å². The summed E-state index contributed by atoms with van der Waals surface area (Å²) in [4.78, 5) is 17.9. The minimum absolute atomic E-state index is 0.116. The van der Waals surface area contributed by atoms with E-state index in [9.17, 15) is 4.79 Å². The van der Waals surface area contributed by atoms with Crippen LogP contribution in [-0.4, -0.2) is 33.0 Å². The first-order valence-corrected chi connectivity index (χ1v) is 5.44. The fraction of sp³-hybridized carbons (Fsp3) is 0.545. The van der Waals surface area contributed by atoms with Crippen molar-refractivity contribution in [3.05, 3.63) is 23.8 Å². The predicted molar refractivity (Wildman–Crippen MR) is 59.5 cm³/mol. The normalized spacial score (nSPS) is 15.6. The van der Waals surface area contributed by atoms with Gasteiger partial charge in [-0.3, -0.25) is 9.89 Å². The summed E-state index contributed by atoms with van der Waals surface area (Å²) in [7, 11) is 1.80. The van der Waals surface area contributed by atoms with Crippen LogP contribution in [-0.2, 0) is 11.3 Å². The van der Waals surface area contributed by atoms with Gasteiger partial charge in [0, 0.05) is 13.0 Å². The lowest BCUT2D eigenvalue weighted by Gasteiger charge is -2.19. The fourth-order valence-electron chi connectivity index (χ4n) is 1.88. The van der Waals surface area contributed by atoms with Crippen molar-refractivity contribution in [2.24, 2.45) is 5.92 Å². The molecule has 1 aromatic heterocycles. The molecule has 0 bridgehead atoms. The quantitative estimate of drug-likeness (QED) is 0.774. The van der Waals surface area contributed by atoms with Crippen LogP contribution < -0.4 is 0 Å². The van der Waals surface area contributed by atoms with Gasteiger partial charge in [-0.15, -0.1) is 0 Å². The number of hydrogen-bond donors (Lipinski definition) is 1. The molecule has 1 aliphatic rings. The Morgan fingerprint density at radius 2 is 2.25 bits per heavy atom. The molecule has 2 rings (SSSR count). The SMILES string of the molecule is Cc1nc(CN(C)C(=O)C2CC=CC2)n[nH]1. The molecule has 0 saturated carbocycles. The molecule has 0 saturated heterocycles. The third kappa shape index (κ3) is 2.29. The lowest BCUT2D eigenvalue weighted by atomic mass is 10.1. The van der Waals surface area contributed by atoms with E-state index in [0.717, 1.165) is 18.7 Å². The van der Waals surface area contributed by atoms with Crippen LogP contribution in [0.3, 0.4) is 0 Å². The van der Waals surface area contributed by atoms with Crippen LogP contribution in [0, 0.1) is 12.8 Å². The van der Waals surface area contributed by atoms with Gasteiger partial charge in [-0.05, 0) is 19.8 Å². The highest BCUT2D eigenvalue weighted by atomic mass is 16.2. The van der Waals surface area contributed by atoms with Gasteiger partial charge in [-0.1, -0.05) is 12.2 Å². The Kier molecular flexibility index (Phi) is 3.03. The first kappa shape index (κ1) is 10.9. The van der Waals surface area contributed by atoms with Crippen LogP contribution in [0.1, 0.15) is 24.5 Å². The van der Waals surface area contributed by atoms with E-state index in [-0.39, 0.29) is 11.8 Å². The summed E-state index contributed by atoms with van der Waals surface area (Å²) in [5.74, 6) is 1.73. The number of hydrogen-bond acceptors (Lipinski definition) is 3. The fourth-order valence-corrected chi connectivity index (χ4v) is 1.88. The van der Waals surface area contributed by atoms with Gasteiger partial charge in [0.25, 0.3) is 0 Å². The molecule has 0 spiro atoms. The van der Waals surface area contributed by atoms with Gasteiger partial charge in [-0.2, -0.15) is 5.10 Å². The van der Waals surface area contributed by atoms with E-state index in [2.05, 4.69) is 27.3 Å². The Hall–Kier alpha value is -1.65. The number of H-pyrrole nitrogens is 1. The Labute approximate surface area is 94.6 Å². The number of aromatic amines is 1. The standard InChI is InChI=1S/C11H16N4O/c1-8-12-10(14-13-8)7-15(2)11(16)9-5-3-4-6-9/h3-4,9H,5-7H2,1-2H3,(H,12,13,14). The summed E-state index contributed by atoms with van der Waals surface area (Å²) >= 11 is 0. The van der Waals surface area contributed by atoms with Gasteiger partial charge in [0.2, 0.25) is 5.91 Å². The summed E-state index contributed by atoms with van der Waals surface area (Å²) in [5, 5.41) is 6.79. The molecule has 1 amide bonds. The summed E-state index contributed by atoms with van der Waals surface area (Å²) in [6, 6.07) is 0. The largest absolute Gasteiger partial charge is 0.338 e. The molecular weight excluding hydrogens is 204 g/mol. The van der Waals surface area contributed by atoms with E-state index in [0.29, 0.717) is 12.4 Å². The zero-order valence-electron chi connectivity index (χ0n) is 9.60. The average Bonchev–Trinajstić information content (AvgIpc) is 2.88. The molecule has 16 heavy (non-hydrogen) atoms. The van der Waals surface area contributed by atoms with Crippen LogP contribution in [0.15, 0.2) is 12.2 Å². The molecule has 0 aromatic carbocycles. The van der Waals surface area contributed by atoms with Crippen molar-refractivity contribution in [1.82, 2.24) is 20.1 Å². The van der Waals surface area contributed by atoms with Crippen LogP contribution in [0.25, 0.3) is 0 Å². The van der Waals surface area contributed by atoms with Crippen LogP contribution in [0.4, 0.5) is 0 Å². The molecule has 0 radical (unpaired) electrons. The second kappa shape index (κ2) is 4.47. The second-order valence-corrected chi connectivity index (χ2v) is 4.17. The molecule has 86 valence electrons. The van der Waals surface area contributed by atoms with Crippen LogP contribution in [0.5, 0.6) is 0 Å². The smallest absolute Gasteiger partial charge is 0.226 e. The molecular formula is C11H16N4O. The first-order chi connectivity index (χ1) is 7.66. The highest BCUT2D eigenvalue weighted by molar-refractivity contribution is 5.79. The third-order valence-corrected chi connectivity index (χ3v) is 2.76. The number of carbonyl (C=O) groups is 1. The van der Waals surface area contributed by atoms with Crippen molar-refractivity contribution in [3.63, 3.8) is 0 Å². The molecule has 5 heteroatoms. The maximum absolute atomic E-state index is 12.0. The van der Waals surface area contributed by atoms with Crippen LogP contribution >= 0.6 is 0 Å². The van der Waals surface area contributed by atoms with Crippen molar-refractivity contribution in [3.8, 4) is 0 Å². The highest BCUT2D eigenvalue weighted by Crippen LogP contribution is 2.20. The number of rotatable bonds is 3. The lowest BCUT2D eigenvalue weighted by molar-refractivity contribution is -0.134. The van der Waals surface area contributed by atoms with Crippen molar-refractivity contribution in [2.75, 3.05) is 7.05 Å². The zero-order chi connectivity index (χ0) is 11.5. The predicted octanol–water partition coefficient (Wildman–Crippen LogP) is 1.04. The van der Waals surface area contributed by atoms with Crippen molar-refractivity contribution < 1.29 is 4.79 Å². The topological polar surface area (TPSA) is 61.9 Å². The molecule has 1 aliphatic carbocycles.